The molecule has 3 aromatic rings. The SMILES string of the molecule is FC(F)Oc1ccccc1/C=N/n1cnnc1SCc1ccc(Cl)cc1. The van der Waals surface area contributed by atoms with Crippen LogP contribution in [0.1, 0.15) is 11.1 Å². The van der Waals surface area contributed by atoms with Crippen molar-refractivity contribution < 1.29 is 13.5 Å². The number of para-hydroxylation sites is 1. The van der Waals surface area contributed by atoms with E-state index in [-0.39, 0.29) is 5.75 Å². The van der Waals surface area contributed by atoms with Crippen LogP contribution in [0.25, 0.3) is 0 Å². The molecule has 1 aromatic heterocycles. The van der Waals surface area contributed by atoms with Crippen LogP contribution in [0.3, 0.4) is 0 Å². The predicted molar refractivity (Wildman–Crippen MR) is 97.1 cm³/mol. The van der Waals surface area contributed by atoms with Crippen LogP contribution in [0.5, 0.6) is 5.75 Å². The Bertz CT molecular complexity index is 886. The van der Waals surface area contributed by atoms with Gasteiger partial charge in [0.15, 0.2) is 0 Å². The monoisotopic (exact) mass is 394 g/mol. The van der Waals surface area contributed by atoms with E-state index < -0.39 is 6.61 Å². The van der Waals surface area contributed by atoms with Gasteiger partial charge in [-0.25, -0.2) is 0 Å². The summed E-state index contributed by atoms with van der Waals surface area (Å²) in [6.45, 7) is -2.90. The van der Waals surface area contributed by atoms with Gasteiger partial charge in [0.05, 0.1) is 6.21 Å². The average Bonchev–Trinajstić information content (AvgIpc) is 3.07. The molecule has 0 fully saturated rings. The minimum Gasteiger partial charge on any atom is -0.434 e. The van der Waals surface area contributed by atoms with Crippen LogP contribution in [-0.2, 0) is 5.75 Å². The Balaban J connectivity index is 1.71. The lowest BCUT2D eigenvalue weighted by Gasteiger charge is -2.07. The molecule has 1 heterocycles. The lowest BCUT2D eigenvalue weighted by molar-refractivity contribution is -0.0499. The molecule has 0 saturated carbocycles. The summed E-state index contributed by atoms with van der Waals surface area (Å²) < 4.78 is 30.9. The molecule has 134 valence electrons. The Morgan fingerprint density at radius 3 is 2.73 bits per heavy atom. The number of aromatic nitrogens is 3. The molecule has 5 nitrogen and oxygen atoms in total. The number of nitrogens with zero attached hydrogens (tertiary/aromatic N) is 4. The molecule has 9 heteroatoms. The van der Waals surface area contributed by atoms with Gasteiger partial charge in [-0.3, -0.25) is 0 Å². The van der Waals surface area contributed by atoms with E-state index in [9.17, 15) is 8.78 Å². The molecule has 0 aliphatic rings. The smallest absolute Gasteiger partial charge is 0.387 e. The highest BCUT2D eigenvalue weighted by Gasteiger charge is 2.08. The first kappa shape index (κ1) is 18.3. The van der Waals surface area contributed by atoms with Crippen molar-refractivity contribution >= 4 is 29.6 Å². The molecule has 0 bridgehead atoms. The van der Waals surface area contributed by atoms with Crippen LogP contribution in [0.4, 0.5) is 8.78 Å². The number of hydrogen-bond donors (Lipinski definition) is 0. The third kappa shape index (κ3) is 5.03. The maximum Gasteiger partial charge on any atom is 0.387 e. The Kier molecular flexibility index (Phi) is 6.19. The normalized spacial score (nSPS) is 11.4. The molecular formula is C17H13ClF2N4OS. The highest BCUT2D eigenvalue weighted by atomic mass is 35.5. The maximum atomic E-state index is 12.5. The zero-order chi connectivity index (χ0) is 18.4. The third-order valence-corrected chi connectivity index (χ3v) is 4.49. The largest absolute Gasteiger partial charge is 0.434 e. The molecule has 0 spiro atoms. The van der Waals surface area contributed by atoms with E-state index in [0.29, 0.717) is 21.5 Å². The molecule has 0 saturated heterocycles. The topological polar surface area (TPSA) is 52.3 Å². The van der Waals surface area contributed by atoms with Gasteiger partial charge < -0.3 is 4.74 Å². The van der Waals surface area contributed by atoms with Gasteiger partial charge in [-0.2, -0.15) is 18.6 Å². The van der Waals surface area contributed by atoms with E-state index in [0.717, 1.165) is 5.56 Å². The van der Waals surface area contributed by atoms with Crippen LogP contribution in [0.15, 0.2) is 65.1 Å². The summed E-state index contributed by atoms with van der Waals surface area (Å²) in [5.74, 6) is 0.714. The molecule has 0 unspecified atom stereocenters. The van der Waals surface area contributed by atoms with E-state index in [1.165, 1.54) is 35.0 Å². The van der Waals surface area contributed by atoms with Crippen molar-refractivity contribution in [2.75, 3.05) is 0 Å². The predicted octanol–water partition coefficient (Wildman–Crippen LogP) is 4.71. The lowest BCUT2D eigenvalue weighted by atomic mass is 10.2. The van der Waals surface area contributed by atoms with Crippen molar-refractivity contribution in [2.24, 2.45) is 5.10 Å². The minimum atomic E-state index is -2.90. The van der Waals surface area contributed by atoms with E-state index >= 15 is 0 Å². The van der Waals surface area contributed by atoms with Crippen LogP contribution >= 0.6 is 23.4 Å². The fraction of sp³-hybridized carbons (Fsp3) is 0.118. The van der Waals surface area contributed by atoms with Gasteiger partial charge in [-0.1, -0.05) is 47.6 Å². The van der Waals surface area contributed by atoms with E-state index in [2.05, 4.69) is 20.0 Å². The van der Waals surface area contributed by atoms with E-state index in [1.807, 2.05) is 24.3 Å². The third-order valence-electron chi connectivity index (χ3n) is 3.24. The molecule has 3 rings (SSSR count). The first-order valence-electron chi connectivity index (χ1n) is 7.47. The number of ether oxygens (including phenoxy) is 1. The van der Waals surface area contributed by atoms with Crippen molar-refractivity contribution in [3.8, 4) is 5.75 Å². The van der Waals surface area contributed by atoms with Crippen molar-refractivity contribution in [1.82, 2.24) is 14.9 Å². The summed E-state index contributed by atoms with van der Waals surface area (Å²) in [7, 11) is 0. The van der Waals surface area contributed by atoms with Gasteiger partial charge in [0.1, 0.15) is 12.1 Å². The quantitative estimate of drug-likeness (QED) is 0.430. The molecule has 26 heavy (non-hydrogen) atoms. The standard InChI is InChI=1S/C17H13ClF2N4OS/c18-14-7-5-12(6-8-14)10-26-17-23-21-11-24(17)22-9-13-3-1-2-4-15(13)25-16(19)20/h1-9,11,16H,10H2/b22-9+. The second-order valence-electron chi connectivity index (χ2n) is 5.03. The Hall–Kier alpha value is -2.45. The number of rotatable bonds is 7. The highest BCUT2D eigenvalue weighted by molar-refractivity contribution is 7.98. The maximum absolute atomic E-state index is 12.5. The Labute approximate surface area is 157 Å². The van der Waals surface area contributed by atoms with Crippen LogP contribution in [0, 0.1) is 0 Å². The fourth-order valence-electron chi connectivity index (χ4n) is 2.04. The molecule has 0 radical (unpaired) electrons. The molecule has 2 aromatic carbocycles. The summed E-state index contributed by atoms with van der Waals surface area (Å²) >= 11 is 7.31. The van der Waals surface area contributed by atoms with Crippen LogP contribution in [0.2, 0.25) is 5.02 Å². The summed E-state index contributed by atoms with van der Waals surface area (Å²) in [4.78, 5) is 0. The van der Waals surface area contributed by atoms with Crippen molar-refractivity contribution in [1.29, 1.82) is 0 Å². The van der Waals surface area contributed by atoms with Gasteiger partial charge in [0.25, 0.3) is 0 Å². The Morgan fingerprint density at radius 1 is 1.19 bits per heavy atom. The number of benzene rings is 2. The number of hydrogen-bond acceptors (Lipinski definition) is 5. The summed E-state index contributed by atoms with van der Waals surface area (Å²) in [5, 5.41) is 13.3. The molecule has 0 aliphatic carbocycles. The number of alkyl halides is 2. The zero-order valence-electron chi connectivity index (χ0n) is 13.3. The van der Waals surface area contributed by atoms with Crippen molar-refractivity contribution in [3.63, 3.8) is 0 Å². The van der Waals surface area contributed by atoms with Gasteiger partial charge in [-0.05, 0) is 29.8 Å². The molecular weight excluding hydrogens is 382 g/mol. The van der Waals surface area contributed by atoms with Gasteiger partial charge >= 0.3 is 6.61 Å². The molecule has 0 amide bonds. The summed E-state index contributed by atoms with van der Waals surface area (Å²) in [6, 6.07) is 13.9. The van der Waals surface area contributed by atoms with E-state index in [4.69, 9.17) is 11.6 Å². The van der Waals surface area contributed by atoms with Gasteiger partial charge in [-0.15, -0.1) is 10.2 Å². The summed E-state index contributed by atoms with van der Waals surface area (Å²) in [6.07, 6.45) is 2.87. The summed E-state index contributed by atoms with van der Waals surface area (Å²) in [5.41, 5.74) is 1.50. The van der Waals surface area contributed by atoms with Gasteiger partial charge in [0, 0.05) is 16.3 Å². The first-order valence-corrected chi connectivity index (χ1v) is 8.83. The number of halogens is 3. The number of thioether (sulfide) groups is 1. The first-order chi connectivity index (χ1) is 12.6. The van der Waals surface area contributed by atoms with Crippen LogP contribution in [-0.4, -0.2) is 27.7 Å². The van der Waals surface area contributed by atoms with Crippen LogP contribution < -0.4 is 4.74 Å². The molecule has 0 aliphatic heterocycles. The zero-order valence-corrected chi connectivity index (χ0v) is 14.9. The fourth-order valence-corrected chi connectivity index (χ4v) is 2.98. The second-order valence-corrected chi connectivity index (χ2v) is 6.41. The second kappa shape index (κ2) is 8.77. The average molecular weight is 395 g/mol. The molecule has 0 atom stereocenters. The Morgan fingerprint density at radius 2 is 1.96 bits per heavy atom. The minimum absolute atomic E-state index is 0.0506. The lowest BCUT2D eigenvalue weighted by Crippen LogP contribution is -2.04. The van der Waals surface area contributed by atoms with Gasteiger partial charge in [0.2, 0.25) is 5.16 Å². The van der Waals surface area contributed by atoms with Crippen molar-refractivity contribution in [2.45, 2.75) is 17.5 Å². The molecule has 0 N–H and O–H groups in total. The van der Waals surface area contributed by atoms with Crippen molar-refractivity contribution in [3.05, 3.63) is 71.0 Å². The van der Waals surface area contributed by atoms with E-state index in [1.54, 1.807) is 18.2 Å². The highest BCUT2D eigenvalue weighted by Crippen LogP contribution is 2.22.